The summed E-state index contributed by atoms with van der Waals surface area (Å²) < 4.78 is 0. The number of phenols is 1. The number of nitro benzene ring substituents is 1. The molecule has 0 atom stereocenters. The lowest BCUT2D eigenvalue weighted by molar-refractivity contribution is -0.384. The number of benzene rings is 2. The lowest BCUT2D eigenvalue weighted by atomic mass is 10.1. The summed E-state index contributed by atoms with van der Waals surface area (Å²) in [6, 6.07) is 10.3. The number of nitrogens with two attached hydrogens (primary N) is 1. The van der Waals surface area contributed by atoms with Crippen LogP contribution in [0.1, 0.15) is 0 Å². The van der Waals surface area contributed by atoms with Crippen LogP contribution in [0.2, 0.25) is 0 Å². The number of aromatic hydroxyl groups is 2. The fourth-order valence-corrected chi connectivity index (χ4v) is 2.14. The molecule has 9 nitrogen and oxygen atoms in total. The van der Waals surface area contributed by atoms with Crippen LogP contribution in [0.5, 0.6) is 11.5 Å². The van der Waals surface area contributed by atoms with Gasteiger partial charge in [0.25, 0.3) is 5.69 Å². The molecule has 2 aromatic carbocycles. The maximum absolute atomic E-state index is 10.7. The largest absolute Gasteiger partial charge is 0.505 e. The van der Waals surface area contributed by atoms with E-state index in [0.29, 0.717) is 10.8 Å². The van der Waals surface area contributed by atoms with E-state index in [1.165, 1.54) is 12.1 Å². The second kappa shape index (κ2) is 5.80. The van der Waals surface area contributed by atoms with E-state index in [2.05, 4.69) is 15.2 Å². The summed E-state index contributed by atoms with van der Waals surface area (Å²) in [5, 5.41) is 39.1. The molecule has 0 aliphatic rings. The first-order valence-electron chi connectivity index (χ1n) is 6.73. The quantitative estimate of drug-likeness (QED) is 0.381. The van der Waals surface area contributed by atoms with Crippen LogP contribution >= 0.6 is 0 Å². The zero-order valence-electron chi connectivity index (χ0n) is 12.1. The normalized spacial score (nSPS) is 11.2. The number of phenolic OH excluding ortho intramolecular Hbond substituents is 1. The number of anilines is 1. The Morgan fingerprint density at radius 3 is 2.46 bits per heavy atom. The Hall–Kier alpha value is -3.75. The lowest BCUT2D eigenvalue weighted by Crippen LogP contribution is -1.91. The Morgan fingerprint density at radius 1 is 1.08 bits per heavy atom. The molecule has 0 bridgehead atoms. The van der Waals surface area contributed by atoms with Crippen LogP contribution in [-0.2, 0) is 0 Å². The first-order valence-corrected chi connectivity index (χ1v) is 6.73. The van der Waals surface area contributed by atoms with Crippen molar-refractivity contribution in [2.45, 2.75) is 0 Å². The highest BCUT2D eigenvalue weighted by atomic mass is 16.6. The van der Waals surface area contributed by atoms with Crippen LogP contribution in [-0.4, -0.2) is 20.1 Å². The second-order valence-electron chi connectivity index (χ2n) is 4.84. The number of azo groups is 1. The fourth-order valence-electron chi connectivity index (χ4n) is 2.14. The number of non-ortho nitro benzene ring substituents is 1. The van der Waals surface area contributed by atoms with Crippen molar-refractivity contribution in [2.75, 3.05) is 5.73 Å². The molecule has 0 aliphatic carbocycles. The summed E-state index contributed by atoms with van der Waals surface area (Å²) in [4.78, 5) is 14.0. The van der Waals surface area contributed by atoms with Crippen molar-refractivity contribution in [3.63, 3.8) is 0 Å². The molecular weight excluding hydrogens is 314 g/mol. The second-order valence-corrected chi connectivity index (χ2v) is 4.84. The van der Waals surface area contributed by atoms with E-state index in [1.807, 2.05) is 0 Å². The van der Waals surface area contributed by atoms with Gasteiger partial charge in [0.1, 0.15) is 11.4 Å². The molecule has 3 aromatic rings. The zero-order valence-corrected chi connectivity index (χ0v) is 12.1. The topological polar surface area (TPSA) is 147 Å². The number of nitrogen functional groups attached to an aromatic ring is 1. The van der Waals surface area contributed by atoms with Crippen molar-refractivity contribution in [2.24, 2.45) is 10.2 Å². The predicted molar refractivity (Wildman–Crippen MR) is 86.8 cm³/mol. The molecule has 1 heterocycles. The number of hydrogen-bond acceptors (Lipinski definition) is 8. The van der Waals surface area contributed by atoms with E-state index in [4.69, 9.17) is 5.73 Å². The number of fused-ring (bicyclic) bond motifs is 1. The molecule has 1 aromatic heterocycles. The monoisotopic (exact) mass is 325 g/mol. The van der Waals surface area contributed by atoms with Gasteiger partial charge in [-0.15, -0.1) is 10.2 Å². The minimum Gasteiger partial charge on any atom is -0.505 e. The molecule has 0 saturated carbocycles. The summed E-state index contributed by atoms with van der Waals surface area (Å²) in [5.74, 6) is -0.485. The van der Waals surface area contributed by atoms with Crippen LogP contribution < -0.4 is 5.73 Å². The van der Waals surface area contributed by atoms with Gasteiger partial charge < -0.3 is 15.9 Å². The van der Waals surface area contributed by atoms with Gasteiger partial charge in [-0.3, -0.25) is 10.1 Å². The van der Waals surface area contributed by atoms with E-state index in [-0.39, 0.29) is 34.5 Å². The highest BCUT2D eigenvalue weighted by Gasteiger charge is 2.12. The Kier molecular flexibility index (Phi) is 3.66. The van der Waals surface area contributed by atoms with Crippen molar-refractivity contribution in [3.05, 3.63) is 52.6 Å². The average molecular weight is 325 g/mol. The molecule has 3 rings (SSSR count). The molecule has 120 valence electrons. The Bertz CT molecular complexity index is 987. The van der Waals surface area contributed by atoms with Gasteiger partial charge in [-0.2, -0.15) is 0 Å². The maximum atomic E-state index is 10.7. The van der Waals surface area contributed by atoms with Crippen molar-refractivity contribution in [3.8, 4) is 11.5 Å². The highest BCUT2D eigenvalue weighted by molar-refractivity contribution is 5.97. The average Bonchev–Trinajstić information content (AvgIpc) is 2.57. The summed E-state index contributed by atoms with van der Waals surface area (Å²) in [5.41, 5.74) is 5.43. The molecule has 9 heteroatoms. The summed E-state index contributed by atoms with van der Waals surface area (Å²) >= 11 is 0. The number of pyridine rings is 1. The molecular formula is C15H11N5O4. The molecule has 0 amide bonds. The zero-order chi connectivity index (χ0) is 17.3. The minimum atomic E-state index is -0.629. The number of aromatic nitrogens is 1. The van der Waals surface area contributed by atoms with E-state index < -0.39 is 4.92 Å². The van der Waals surface area contributed by atoms with Crippen molar-refractivity contribution < 1.29 is 15.1 Å². The van der Waals surface area contributed by atoms with Gasteiger partial charge in [-0.1, -0.05) is 24.3 Å². The van der Waals surface area contributed by atoms with Crippen LogP contribution in [0.4, 0.5) is 23.0 Å². The molecule has 4 N–H and O–H groups in total. The molecule has 0 aliphatic heterocycles. The minimum absolute atomic E-state index is 0.0399. The first kappa shape index (κ1) is 15.2. The number of hydrogen-bond donors (Lipinski definition) is 3. The van der Waals surface area contributed by atoms with E-state index in [1.54, 1.807) is 24.3 Å². The van der Waals surface area contributed by atoms with Crippen LogP contribution in [0.15, 0.2) is 52.7 Å². The van der Waals surface area contributed by atoms with E-state index >= 15 is 0 Å². The van der Waals surface area contributed by atoms with E-state index in [0.717, 1.165) is 6.07 Å². The van der Waals surface area contributed by atoms with Crippen molar-refractivity contribution in [1.29, 1.82) is 0 Å². The van der Waals surface area contributed by atoms with Crippen molar-refractivity contribution >= 4 is 33.8 Å². The molecule has 0 radical (unpaired) electrons. The van der Waals surface area contributed by atoms with Crippen LogP contribution in [0, 0.1) is 10.1 Å². The van der Waals surface area contributed by atoms with Gasteiger partial charge >= 0.3 is 0 Å². The van der Waals surface area contributed by atoms with E-state index in [9.17, 15) is 20.3 Å². The van der Waals surface area contributed by atoms with Crippen molar-refractivity contribution in [1.82, 2.24) is 4.98 Å². The highest BCUT2D eigenvalue weighted by Crippen LogP contribution is 2.36. The number of rotatable bonds is 3. The number of nitro groups is 1. The molecule has 0 fully saturated rings. The maximum Gasteiger partial charge on any atom is 0.273 e. The molecule has 0 unspecified atom stereocenters. The Balaban J connectivity index is 2.06. The Labute approximate surface area is 134 Å². The standard InChI is InChI=1S/C15H11N5O4/c16-14-13(22)9-3-1-2-4-10(9)15(17-14)19-18-11-6-5-8(20(23)24)7-12(11)21/h1-7,21-22H,(H2,16,17). The summed E-state index contributed by atoms with van der Waals surface area (Å²) in [6.07, 6.45) is 0. The Morgan fingerprint density at radius 2 is 1.79 bits per heavy atom. The smallest absolute Gasteiger partial charge is 0.273 e. The van der Waals surface area contributed by atoms with Gasteiger partial charge in [0.2, 0.25) is 0 Å². The SMILES string of the molecule is Nc1nc(N=Nc2ccc([N+](=O)[O-])cc2O)c2ccccc2c1O. The van der Waals surface area contributed by atoms with Crippen LogP contribution in [0.25, 0.3) is 10.8 Å². The fraction of sp³-hybridized carbons (Fsp3) is 0. The van der Waals surface area contributed by atoms with Gasteiger partial charge in [-0.25, -0.2) is 4.98 Å². The van der Waals surface area contributed by atoms with Gasteiger partial charge in [0.15, 0.2) is 17.4 Å². The van der Waals surface area contributed by atoms with Gasteiger partial charge in [0, 0.05) is 16.8 Å². The third-order valence-electron chi connectivity index (χ3n) is 3.31. The van der Waals surface area contributed by atoms with Gasteiger partial charge in [0.05, 0.1) is 11.0 Å². The molecule has 24 heavy (non-hydrogen) atoms. The molecule has 0 saturated heterocycles. The molecule has 0 spiro atoms. The summed E-state index contributed by atoms with van der Waals surface area (Å²) in [6.45, 7) is 0. The third-order valence-corrected chi connectivity index (χ3v) is 3.31. The summed E-state index contributed by atoms with van der Waals surface area (Å²) in [7, 11) is 0. The number of nitrogens with zero attached hydrogens (tertiary/aromatic N) is 4. The first-order chi connectivity index (χ1) is 11.5. The van der Waals surface area contributed by atoms with Gasteiger partial charge in [-0.05, 0) is 6.07 Å². The third kappa shape index (κ3) is 2.65. The predicted octanol–water partition coefficient (Wildman–Crippen LogP) is 3.55. The van der Waals surface area contributed by atoms with Crippen LogP contribution in [0.3, 0.4) is 0 Å². The lowest BCUT2D eigenvalue weighted by Gasteiger charge is -2.05.